The summed E-state index contributed by atoms with van der Waals surface area (Å²) in [6, 6.07) is 5.13. The minimum absolute atomic E-state index is 0.0200. The Balaban J connectivity index is 1.24. The van der Waals surface area contributed by atoms with Gasteiger partial charge in [0.05, 0.1) is 34.6 Å². The van der Waals surface area contributed by atoms with Gasteiger partial charge in [0, 0.05) is 36.9 Å². The molecule has 54 heavy (non-hydrogen) atoms. The minimum atomic E-state index is -3.66. The van der Waals surface area contributed by atoms with Gasteiger partial charge < -0.3 is 14.4 Å². The number of benzene rings is 2. The monoisotopic (exact) mass is 746 g/mol. The van der Waals surface area contributed by atoms with Gasteiger partial charge in [0.2, 0.25) is 0 Å². The van der Waals surface area contributed by atoms with Crippen molar-refractivity contribution in [2.45, 2.75) is 101 Å². The van der Waals surface area contributed by atoms with Crippen LogP contribution in [0.3, 0.4) is 0 Å². The van der Waals surface area contributed by atoms with E-state index in [1.165, 1.54) is 18.2 Å². The first-order chi connectivity index (χ1) is 25.7. The molecule has 9 nitrogen and oxygen atoms in total. The number of pyridine rings is 1. The molecule has 0 N–H and O–H groups in total. The summed E-state index contributed by atoms with van der Waals surface area (Å²) in [5.74, 6) is -3.07. The number of hydrogen-bond donors (Lipinski definition) is 0. The fourth-order valence-corrected chi connectivity index (χ4v) is 9.68. The molecule has 5 atom stereocenters. The number of anilines is 1. The number of amides is 1. The maximum Gasteiger partial charge on any atom is 0.410 e. The van der Waals surface area contributed by atoms with E-state index in [2.05, 4.69) is 20.8 Å². The van der Waals surface area contributed by atoms with Gasteiger partial charge in [-0.15, -0.1) is 6.42 Å². The summed E-state index contributed by atoms with van der Waals surface area (Å²) in [7, 11) is 0. The molecule has 4 fully saturated rings. The molecule has 0 saturated carbocycles. The standard InChI is InChI=1S/C40H39F5N6O3/c1-5-24-26(42)12-10-21-8-6-9-25(29(21)24)32-31(43)33-30-34(46-32)40(44,45)17-28-27-13-11-23(51(27)37(52)54-38(2,3)4)19-50(28)35(30)48-36(47-33)53-20-39-14-7-15-49(39)18-22(41)16-39/h1,6,8-10,12,22-23,27-28H,7,11,13-20H2,2-4H3/t22-,23-,27+,28-,39+/m1/s1. The second kappa shape index (κ2) is 12.1. The first-order valence-electron chi connectivity index (χ1n) is 18.5. The molecule has 282 valence electrons. The number of alkyl halides is 3. The lowest BCUT2D eigenvalue weighted by Crippen LogP contribution is -2.62. The number of rotatable bonds is 4. The number of carbonyl (C=O) groups is 1. The summed E-state index contributed by atoms with van der Waals surface area (Å²) >= 11 is 0. The van der Waals surface area contributed by atoms with Crippen molar-refractivity contribution in [1.82, 2.24) is 24.8 Å². The quantitative estimate of drug-likeness (QED) is 0.157. The van der Waals surface area contributed by atoms with Crippen LogP contribution in [0.5, 0.6) is 6.01 Å². The Morgan fingerprint density at radius 1 is 1.04 bits per heavy atom. The SMILES string of the molecule is C#Cc1c(F)ccc2cccc(-c3nc4c5c(nc(OC[C@@]67CCCN6C[C@H](F)C7)nc5c3F)N3C[C@H]5CC[C@@H]([C@H]3CC4(F)F)N5C(=O)OC(C)(C)C)c12. The van der Waals surface area contributed by atoms with Crippen molar-refractivity contribution in [3.8, 4) is 29.6 Å². The van der Waals surface area contributed by atoms with E-state index in [4.69, 9.17) is 20.9 Å². The Morgan fingerprint density at radius 3 is 2.63 bits per heavy atom. The second-order valence-electron chi connectivity index (χ2n) is 16.3. The molecule has 9 rings (SSSR count). The van der Waals surface area contributed by atoms with Crippen LogP contribution in [0.1, 0.15) is 70.6 Å². The Bertz CT molecular complexity index is 2280. The molecule has 0 unspecified atom stereocenters. The van der Waals surface area contributed by atoms with E-state index in [0.717, 1.165) is 6.42 Å². The van der Waals surface area contributed by atoms with Crippen LogP contribution >= 0.6 is 0 Å². The predicted octanol–water partition coefficient (Wildman–Crippen LogP) is 7.51. The third-order valence-electron chi connectivity index (χ3n) is 11.9. The lowest BCUT2D eigenvalue weighted by molar-refractivity contribution is -0.0378. The molecule has 2 bridgehead atoms. The number of carbonyl (C=O) groups excluding carboxylic acids is 1. The van der Waals surface area contributed by atoms with E-state index < -0.39 is 76.4 Å². The van der Waals surface area contributed by atoms with Gasteiger partial charge in [0.15, 0.2) is 5.82 Å². The summed E-state index contributed by atoms with van der Waals surface area (Å²) in [6.07, 6.45) is 6.17. The molecule has 0 spiro atoms. The number of aromatic nitrogens is 3. The first kappa shape index (κ1) is 35.0. The number of piperazine rings is 1. The van der Waals surface area contributed by atoms with Crippen molar-refractivity contribution < 1.29 is 36.2 Å². The van der Waals surface area contributed by atoms with Crippen LogP contribution in [0.25, 0.3) is 32.9 Å². The maximum absolute atomic E-state index is 17.3. The van der Waals surface area contributed by atoms with Crippen LogP contribution in [-0.4, -0.2) is 92.5 Å². The van der Waals surface area contributed by atoms with Crippen molar-refractivity contribution in [2.75, 3.05) is 31.1 Å². The molecule has 0 radical (unpaired) electrons. The molecule has 0 aliphatic carbocycles. The molecule has 14 heteroatoms. The van der Waals surface area contributed by atoms with Crippen LogP contribution in [0.2, 0.25) is 0 Å². The van der Waals surface area contributed by atoms with E-state index in [0.29, 0.717) is 31.2 Å². The number of terminal acetylenes is 1. The number of ether oxygens (including phenoxy) is 2. The predicted molar refractivity (Wildman–Crippen MR) is 191 cm³/mol. The summed E-state index contributed by atoms with van der Waals surface area (Å²) in [5.41, 5.74) is -3.20. The smallest absolute Gasteiger partial charge is 0.410 e. The van der Waals surface area contributed by atoms with E-state index >= 15 is 17.6 Å². The van der Waals surface area contributed by atoms with Crippen LogP contribution in [0, 0.1) is 24.0 Å². The molecule has 1 amide bonds. The zero-order valence-electron chi connectivity index (χ0n) is 30.1. The minimum Gasteiger partial charge on any atom is -0.461 e. The van der Waals surface area contributed by atoms with Gasteiger partial charge in [-0.2, -0.15) is 18.7 Å². The highest BCUT2D eigenvalue weighted by Crippen LogP contribution is 2.51. The molecule has 5 aliphatic heterocycles. The molecule has 4 saturated heterocycles. The van der Waals surface area contributed by atoms with Crippen molar-refractivity contribution in [3.63, 3.8) is 0 Å². The van der Waals surface area contributed by atoms with E-state index in [1.807, 2.05) is 0 Å². The fourth-order valence-electron chi connectivity index (χ4n) is 9.68. The summed E-state index contributed by atoms with van der Waals surface area (Å²) in [5, 5.41) is 0.340. The molecule has 2 aromatic heterocycles. The summed E-state index contributed by atoms with van der Waals surface area (Å²) in [4.78, 5) is 32.4. The molecular formula is C40H39F5N6O3. The number of hydrogen-bond acceptors (Lipinski definition) is 8. The Kier molecular flexibility index (Phi) is 7.85. The van der Waals surface area contributed by atoms with Crippen LogP contribution in [0.4, 0.5) is 32.6 Å². The fraction of sp³-hybridized carbons (Fsp3) is 0.500. The number of halogens is 5. The van der Waals surface area contributed by atoms with Crippen LogP contribution in [-0.2, 0) is 10.7 Å². The molecule has 4 aromatic rings. The maximum atomic E-state index is 17.3. The molecule has 7 heterocycles. The molecule has 5 aliphatic rings. The lowest BCUT2D eigenvalue weighted by Gasteiger charge is -2.47. The van der Waals surface area contributed by atoms with Gasteiger partial charge in [-0.05, 0) is 64.5 Å². The Labute approximate surface area is 308 Å². The third-order valence-corrected chi connectivity index (χ3v) is 11.9. The largest absolute Gasteiger partial charge is 0.461 e. The average molecular weight is 747 g/mol. The van der Waals surface area contributed by atoms with E-state index in [1.54, 1.807) is 42.7 Å². The zero-order valence-corrected chi connectivity index (χ0v) is 30.1. The average Bonchev–Trinajstić information content (AvgIpc) is 3.74. The lowest BCUT2D eigenvalue weighted by atomic mass is 9.94. The van der Waals surface area contributed by atoms with Gasteiger partial charge in [0.1, 0.15) is 46.9 Å². The van der Waals surface area contributed by atoms with Crippen LogP contribution < -0.4 is 9.64 Å². The highest BCUT2D eigenvalue weighted by atomic mass is 19.3. The first-order valence-corrected chi connectivity index (χ1v) is 18.5. The Hall–Kier alpha value is -4.77. The molecule has 2 aromatic carbocycles. The van der Waals surface area contributed by atoms with E-state index in [-0.39, 0.29) is 65.9 Å². The van der Waals surface area contributed by atoms with Crippen molar-refractivity contribution in [1.29, 1.82) is 0 Å². The summed E-state index contributed by atoms with van der Waals surface area (Å²) in [6.45, 7) is 6.39. The van der Waals surface area contributed by atoms with Gasteiger partial charge in [-0.1, -0.05) is 30.2 Å². The normalized spacial score (nSPS) is 27.2. The highest BCUT2D eigenvalue weighted by molar-refractivity contribution is 6.03. The third kappa shape index (κ3) is 5.36. The van der Waals surface area contributed by atoms with Gasteiger partial charge in [-0.3, -0.25) is 9.80 Å². The van der Waals surface area contributed by atoms with E-state index in [9.17, 15) is 9.18 Å². The van der Waals surface area contributed by atoms with Gasteiger partial charge >= 0.3 is 12.1 Å². The Morgan fingerprint density at radius 2 is 1.85 bits per heavy atom. The van der Waals surface area contributed by atoms with Gasteiger partial charge in [-0.25, -0.2) is 22.9 Å². The number of fused-ring (bicyclic) bond motifs is 7. The summed E-state index contributed by atoms with van der Waals surface area (Å²) < 4.78 is 93.1. The zero-order chi connectivity index (χ0) is 37.9. The second-order valence-corrected chi connectivity index (χ2v) is 16.3. The number of nitrogens with zero attached hydrogens (tertiary/aromatic N) is 6. The van der Waals surface area contributed by atoms with Crippen LogP contribution in [0.15, 0.2) is 30.3 Å². The van der Waals surface area contributed by atoms with Crippen molar-refractivity contribution in [3.05, 3.63) is 53.2 Å². The molecular weight excluding hydrogens is 707 g/mol. The van der Waals surface area contributed by atoms with Crippen molar-refractivity contribution in [2.24, 2.45) is 0 Å². The topological polar surface area (TPSA) is 83.9 Å². The highest BCUT2D eigenvalue weighted by Gasteiger charge is 2.56. The van der Waals surface area contributed by atoms with Crippen molar-refractivity contribution >= 4 is 33.6 Å². The van der Waals surface area contributed by atoms with Gasteiger partial charge in [0.25, 0.3) is 5.92 Å².